The minimum absolute atomic E-state index is 0.0283. The fraction of sp³-hybridized carbons (Fsp3) is 0.318. The van der Waals surface area contributed by atoms with Crippen LogP contribution in [0.1, 0.15) is 29.3 Å². The molecule has 6 heteroatoms. The van der Waals surface area contributed by atoms with Gasteiger partial charge in [0.15, 0.2) is 17.3 Å². The van der Waals surface area contributed by atoms with Crippen LogP contribution in [0.25, 0.3) is 6.08 Å². The number of nitrogens with two attached hydrogens (primary N) is 1. The summed E-state index contributed by atoms with van der Waals surface area (Å²) in [7, 11) is 5.39. The Balaban J connectivity index is 1.98. The number of methoxy groups -OCH3 is 1. The molecule has 0 fully saturated rings. The summed E-state index contributed by atoms with van der Waals surface area (Å²) >= 11 is 0. The molecular formula is C22H26N2O4. The normalized spacial score (nSPS) is 13.2. The number of carbonyl (C=O) groups excluding carboxylic acids is 1. The zero-order valence-corrected chi connectivity index (χ0v) is 16.7. The van der Waals surface area contributed by atoms with Crippen LogP contribution in [0.2, 0.25) is 0 Å². The minimum Gasteiger partial charge on any atom is -0.493 e. The molecule has 6 nitrogen and oxygen atoms in total. The van der Waals surface area contributed by atoms with E-state index in [9.17, 15) is 4.79 Å². The molecular weight excluding hydrogens is 356 g/mol. The van der Waals surface area contributed by atoms with Crippen LogP contribution in [0, 0.1) is 0 Å². The summed E-state index contributed by atoms with van der Waals surface area (Å²) in [4.78, 5) is 15.0. The molecule has 0 atom stereocenters. The van der Waals surface area contributed by atoms with E-state index in [0.717, 1.165) is 11.3 Å². The highest BCUT2D eigenvalue weighted by atomic mass is 16.6. The number of hydrogen-bond donors (Lipinski definition) is 1. The van der Waals surface area contributed by atoms with Gasteiger partial charge in [0, 0.05) is 25.2 Å². The quantitative estimate of drug-likeness (QED) is 0.465. The summed E-state index contributed by atoms with van der Waals surface area (Å²) < 4.78 is 16.8. The van der Waals surface area contributed by atoms with Gasteiger partial charge in [0.25, 0.3) is 0 Å². The number of Topliss-reactive ketones (excluding diaryl/α,β-unsaturated/α-hetero) is 1. The van der Waals surface area contributed by atoms with Crippen LogP contribution in [0.5, 0.6) is 17.2 Å². The molecule has 0 saturated carbocycles. The number of hydrogen-bond acceptors (Lipinski definition) is 6. The Hall–Kier alpha value is -3.15. The lowest BCUT2D eigenvalue weighted by atomic mass is 9.98. The van der Waals surface area contributed by atoms with Gasteiger partial charge in [-0.05, 0) is 48.4 Å². The zero-order chi connectivity index (χ0) is 20.3. The van der Waals surface area contributed by atoms with Crippen molar-refractivity contribution in [3.63, 3.8) is 0 Å². The van der Waals surface area contributed by atoms with Crippen molar-refractivity contribution >= 4 is 23.2 Å². The van der Waals surface area contributed by atoms with Crippen LogP contribution >= 0.6 is 0 Å². The van der Waals surface area contributed by atoms with Crippen molar-refractivity contribution in [2.24, 2.45) is 0 Å². The van der Waals surface area contributed by atoms with Crippen LogP contribution in [0.3, 0.4) is 0 Å². The molecule has 148 valence electrons. The molecule has 0 spiro atoms. The Morgan fingerprint density at radius 1 is 1.21 bits per heavy atom. The highest BCUT2D eigenvalue weighted by Gasteiger charge is 2.19. The highest BCUT2D eigenvalue weighted by Crippen LogP contribution is 2.41. The van der Waals surface area contributed by atoms with Crippen molar-refractivity contribution in [1.82, 2.24) is 0 Å². The number of ketones is 1. The number of nitrogens with zero attached hydrogens (tertiary/aromatic N) is 1. The zero-order valence-electron chi connectivity index (χ0n) is 16.7. The number of nitrogen functional groups attached to an aromatic ring is 1. The third-order valence-electron chi connectivity index (χ3n) is 4.64. The van der Waals surface area contributed by atoms with Gasteiger partial charge < -0.3 is 24.8 Å². The lowest BCUT2D eigenvalue weighted by Gasteiger charge is -2.21. The number of carbonyl (C=O) groups is 1. The smallest absolute Gasteiger partial charge is 0.203 e. The molecule has 0 aliphatic carbocycles. The number of rotatable bonds is 6. The second-order valence-electron chi connectivity index (χ2n) is 6.77. The largest absolute Gasteiger partial charge is 0.493 e. The molecule has 3 rings (SSSR count). The van der Waals surface area contributed by atoms with Gasteiger partial charge in [-0.3, -0.25) is 4.79 Å². The fourth-order valence-electron chi connectivity index (χ4n) is 3.16. The van der Waals surface area contributed by atoms with Gasteiger partial charge >= 0.3 is 0 Å². The van der Waals surface area contributed by atoms with Crippen molar-refractivity contribution in [2.75, 3.05) is 45.1 Å². The number of fused-ring (bicyclic) bond motifs is 1. The van der Waals surface area contributed by atoms with Crippen LogP contribution in [-0.4, -0.2) is 40.2 Å². The maximum absolute atomic E-state index is 13.1. The molecule has 0 radical (unpaired) electrons. The average molecular weight is 382 g/mol. The van der Waals surface area contributed by atoms with Crippen LogP contribution in [-0.2, 0) is 0 Å². The summed E-state index contributed by atoms with van der Waals surface area (Å²) in [5.74, 6) is 1.79. The van der Waals surface area contributed by atoms with E-state index in [4.69, 9.17) is 19.9 Å². The number of anilines is 2. The monoisotopic (exact) mass is 382 g/mol. The summed E-state index contributed by atoms with van der Waals surface area (Å²) in [5.41, 5.74) is 9.60. The lowest BCUT2D eigenvalue weighted by molar-refractivity contribution is 0.103. The first-order chi connectivity index (χ1) is 13.4. The van der Waals surface area contributed by atoms with Crippen LogP contribution < -0.4 is 24.8 Å². The first-order valence-corrected chi connectivity index (χ1v) is 9.24. The van der Waals surface area contributed by atoms with Crippen LogP contribution in [0.15, 0.2) is 35.9 Å². The Morgan fingerprint density at radius 3 is 2.64 bits per heavy atom. The number of ether oxygens (including phenoxy) is 3. The average Bonchev–Trinajstić information content (AvgIpc) is 2.71. The predicted octanol–water partition coefficient (Wildman–Crippen LogP) is 3.79. The molecule has 1 aliphatic rings. The topological polar surface area (TPSA) is 74.0 Å². The van der Waals surface area contributed by atoms with E-state index in [1.807, 2.05) is 50.2 Å². The maximum atomic E-state index is 13.1. The standard InChI is InChI=1S/C22H26N2O4/c1-5-15(21(25)16-6-7-17(23)18(13-16)24(2)3)10-14-11-19(26-4)22-20(12-14)27-8-9-28-22/h6-7,10-13H,5,8-9,23H2,1-4H3/b15-10+. The molecule has 1 aliphatic heterocycles. The predicted molar refractivity (Wildman–Crippen MR) is 112 cm³/mol. The van der Waals surface area contributed by atoms with Crippen LogP contribution in [0.4, 0.5) is 11.4 Å². The van der Waals surface area contributed by atoms with Gasteiger partial charge in [0.2, 0.25) is 5.75 Å². The lowest BCUT2D eigenvalue weighted by Crippen LogP contribution is -2.16. The van der Waals surface area contributed by atoms with E-state index in [1.54, 1.807) is 19.2 Å². The molecule has 2 aromatic carbocycles. The molecule has 0 aromatic heterocycles. The molecule has 0 amide bonds. The van der Waals surface area contributed by atoms with Crippen molar-refractivity contribution in [3.05, 3.63) is 47.0 Å². The molecule has 0 bridgehead atoms. The summed E-state index contributed by atoms with van der Waals surface area (Å²) in [6, 6.07) is 9.08. The highest BCUT2D eigenvalue weighted by molar-refractivity contribution is 6.12. The number of benzene rings is 2. The van der Waals surface area contributed by atoms with Crippen molar-refractivity contribution < 1.29 is 19.0 Å². The second kappa shape index (κ2) is 8.25. The third kappa shape index (κ3) is 3.91. The summed E-state index contributed by atoms with van der Waals surface area (Å²) in [5, 5.41) is 0. The van der Waals surface area contributed by atoms with E-state index < -0.39 is 0 Å². The molecule has 1 heterocycles. The van der Waals surface area contributed by atoms with Gasteiger partial charge in [0.1, 0.15) is 13.2 Å². The molecule has 0 unspecified atom stereocenters. The van der Waals surface area contributed by atoms with E-state index in [1.165, 1.54) is 0 Å². The van der Waals surface area contributed by atoms with Gasteiger partial charge in [-0.15, -0.1) is 0 Å². The van der Waals surface area contributed by atoms with E-state index in [-0.39, 0.29) is 5.78 Å². The SMILES string of the molecule is CC/C(=C\c1cc(OC)c2c(c1)OCCO2)C(=O)c1ccc(N)c(N(C)C)c1. The molecule has 2 N–H and O–H groups in total. The first kappa shape index (κ1) is 19.6. The fourth-order valence-corrected chi connectivity index (χ4v) is 3.16. The molecule has 2 aromatic rings. The van der Waals surface area contributed by atoms with E-state index in [0.29, 0.717) is 53.7 Å². The Kier molecular flexibility index (Phi) is 5.78. The first-order valence-electron chi connectivity index (χ1n) is 9.24. The van der Waals surface area contributed by atoms with Gasteiger partial charge in [-0.2, -0.15) is 0 Å². The summed E-state index contributed by atoms with van der Waals surface area (Å²) in [6.07, 6.45) is 2.46. The van der Waals surface area contributed by atoms with E-state index in [2.05, 4.69) is 0 Å². The second-order valence-corrected chi connectivity index (χ2v) is 6.77. The Bertz CT molecular complexity index is 902. The van der Waals surface area contributed by atoms with Crippen molar-refractivity contribution in [1.29, 1.82) is 0 Å². The Labute approximate surface area is 165 Å². The van der Waals surface area contributed by atoms with Crippen molar-refractivity contribution in [2.45, 2.75) is 13.3 Å². The Morgan fingerprint density at radius 2 is 1.96 bits per heavy atom. The van der Waals surface area contributed by atoms with Crippen molar-refractivity contribution in [3.8, 4) is 17.2 Å². The molecule has 28 heavy (non-hydrogen) atoms. The van der Waals surface area contributed by atoms with Gasteiger partial charge in [-0.1, -0.05) is 6.92 Å². The molecule has 0 saturated heterocycles. The van der Waals surface area contributed by atoms with Gasteiger partial charge in [-0.25, -0.2) is 0 Å². The van der Waals surface area contributed by atoms with Gasteiger partial charge in [0.05, 0.1) is 18.5 Å². The minimum atomic E-state index is -0.0283. The summed E-state index contributed by atoms with van der Waals surface area (Å²) in [6.45, 7) is 2.94. The third-order valence-corrected chi connectivity index (χ3v) is 4.64. The van der Waals surface area contributed by atoms with E-state index >= 15 is 0 Å². The number of allylic oxidation sites excluding steroid dienone is 1. The maximum Gasteiger partial charge on any atom is 0.203 e.